The van der Waals surface area contributed by atoms with Crippen LogP contribution in [-0.4, -0.2) is 18.1 Å². The Morgan fingerprint density at radius 1 is 0.724 bits per heavy atom. The van der Waals surface area contributed by atoms with E-state index in [9.17, 15) is 5.26 Å². The number of hydrazine groups is 1. The SMILES string of the molecule is N#Cc1ccc(N2CCCCN2Cc2cccc3ccccc23)c2ccccc12. The monoisotopic (exact) mass is 377 g/mol. The molecule has 0 N–H and O–H groups in total. The number of fused-ring (bicyclic) bond motifs is 2. The Morgan fingerprint density at radius 3 is 2.31 bits per heavy atom. The van der Waals surface area contributed by atoms with E-state index in [0.29, 0.717) is 0 Å². The maximum absolute atomic E-state index is 9.51. The summed E-state index contributed by atoms with van der Waals surface area (Å²) in [4.78, 5) is 0. The van der Waals surface area contributed by atoms with Gasteiger partial charge in [-0.3, -0.25) is 0 Å². The zero-order valence-electron chi connectivity index (χ0n) is 16.4. The molecule has 0 radical (unpaired) electrons. The fourth-order valence-electron chi connectivity index (χ4n) is 4.49. The van der Waals surface area contributed by atoms with E-state index >= 15 is 0 Å². The van der Waals surface area contributed by atoms with Gasteiger partial charge in [0.25, 0.3) is 0 Å². The molecule has 142 valence electrons. The molecular formula is C26H23N3. The third-order valence-electron chi connectivity index (χ3n) is 5.91. The van der Waals surface area contributed by atoms with Crippen molar-refractivity contribution in [3.05, 3.63) is 90.0 Å². The Kier molecular flexibility index (Phi) is 4.63. The van der Waals surface area contributed by atoms with Gasteiger partial charge < -0.3 is 5.01 Å². The highest BCUT2D eigenvalue weighted by molar-refractivity contribution is 5.97. The van der Waals surface area contributed by atoms with Crippen LogP contribution >= 0.6 is 0 Å². The molecule has 0 aliphatic carbocycles. The molecule has 4 aromatic carbocycles. The fraction of sp³-hybridized carbons (Fsp3) is 0.192. The molecule has 0 aromatic heterocycles. The number of anilines is 1. The van der Waals surface area contributed by atoms with Crippen molar-refractivity contribution in [2.45, 2.75) is 19.4 Å². The molecule has 0 saturated carbocycles. The summed E-state index contributed by atoms with van der Waals surface area (Å²) in [5, 5.41) is 19.2. The van der Waals surface area contributed by atoms with Crippen LogP contribution in [0.5, 0.6) is 0 Å². The second-order valence-electron chi connectivity index (χ2n) is 7.65. The van der Waals surface area contributed by atoms with Gasteiger partial charge in [-0.15, -0.1) is 0 Å². The highest BCUT2D eigenvalue weighted by Crippen LogP contribution is 2.33. The molecule has 1 aliphatic rings. The van der Waals surface area contributed by atoms with E-state index in [2.05, 4.69) is 82.8 Å². The van der Waals surface area contributed by atoms with Crippen molar-refractivity contribution in [2.24, 2.45) is 0 Å². The number of benzene rings is 4. The lowest BCUT2D eigenvalue weighted by molar-refractivity contribution is 0.205. The van der Waals surface area contributed by atoms with Crippen LogP contribution in [0.3, 0.4) is 0 Å². The molecule has 0 atom stereocenters. The van der Waals surface area contributed by atoms with E-state index in [0.717, 1.165) is 36.0 Å². The molecule has 0 bridgehead atoms. The summed E-state index contributed by atoms with van der Waals surface area (Å²) < 4.78 is 0. The van der Waals surface area contributed by atoms with Crippen molar-refractivity contribution in [3.63, 3.8) is 0 Å². The van der Waals surface area contributed by atoms with Gasteiger partial charge in [-0.05, 0) is 41.3 Å². The summed E-state index contributed by atoms with van der Waals surface area (Å²) >= 11 is 0. The molecule has 1 heterocycles. The Balaban J connectivity index is 1.56. The van der Waals surface area contributed by atoms with Gasteiger partial charge in [0.15, 0.2) is 0 Å². The lowest BCUT2D eigenvalue weighted by Gasteiger charge is -2.41. The predicted molar refractivity (Wildman–Crippen MR) is 120 cm³/mol. The molecule has 0 spiro atoms. The topological polar surface area (TPSA) is 30.3 Å². The molecule has 1 aliphatic heterocycles. The second kappa shape index (κ2) is 7.58. The van der Waals surface area contributed by atoms with Gasteiger partial charge in [0, 0.05) is 30.4 Å². The summed E-state index contributed by atoms with van der Waals surface area (Å²) in [7, 11) is 0. The third-order valence-corrected chi connectivity index (χ3v) is 5.91. The van der Waals surface area contributed by atoms with Crippen LogP contribution < -0.4 is 5.01 Å². The van der Waals surface area contributed by atoms with Gasteiger partial charge in [0.2, 0.25) is 0 Å². The first-order valence-electron chi connectivity index (χ1n) is 10.3. The predicted octanol–water partition coefficient (Wildman–Crippen LogP) is 5.88. The van der Waals surface area contributed by atoms with Crippen molar-refractivity contribution in [2.75, 3.05) is 18.1 Å². The highest BCUT2D eigenvalue weighted by atomic mass is 15.6. The molecule has 1 saturated heterocycles. The minimum atomic E-state index is 0.738. The number of hydrogen-bond acceptors (Lipinski definition) is 3. The summed E-state index contributed by atoms with van der Waals surface area (Å²) in [5.41, 5.74) is 3.29. The summed E-state index contributed by atoms with van der Waals surface area (Å²) in [6, 6.07) is 29.9. The molecular weight excluding hydrogens is 354 g/mol. The number of nitrogens with zero attached hydrogens (tertiary/aromatic N) is 3. The van der Waals surface area contributed by atoms with Crippen molar-refractivity contribution >= 4 is 27.2 Å². The molecule has 5 rings (SSSR count). The van der Waals surface area contributed by atoms with E-state index in [-0.39, 0.29) is 0 Å². The van der Waals surface area contributed by atoms with Crippen molar-refractivity contribution in [1.82, 2.24) is 5.01 Å². The largest absolute Gasteiger partial charge is 0.305 e. The quantitative estimate of drug-likeness (QED) is 0.446. The van der Waals surface area contributed by atoms with Crippen LogP contribution in [0, 0.1) is 11.3 Å². The third kappa shape index (κ3) is 3.22. The van der Waals surface area contributed by atoms with Crippen molar-refractivity contribution < 1.29 is 0 Å². The van der Waals surface area contributed by atoms with Crippen LogP contribution in [0.2, 0.25) is 0 Å². The average molecular weight is 377 g/mol. The lowest BCUT2D eigenvalue weighted by atomic mass is 10.0. The molecule has 4 aromatic rings. The summed E-state index contributed by atoms with van der Waals surface area (Å²) in [5.74, 6) is 0. The van der Waals surface area contributed by atoms with Gasteiger partial charge in [-0.1, -0.05) is 66.7 Å². The van der Waals surface area contributed by atoms with Crippen molar-refractivity contribution in [1.29, 1.82) is 5.26 Å². The zero-order chi connectivity index (χ0) is 19.6. The van der Waals surface area contributed by atoms with Crippen LogP contribution in [0.4, 0.5) is 5.69 Å². The second-order valence-corrected chi connectivity index (χ2v) is 7.65. The maximum Gasteiger partial charge on any atom is 0.0998 e. The molecule has 1 fully saturated rings. The first-order valence-corrected chi connectivity index (χ1v) is 10.3. The van der Waals surface area contributed by atoms with Gasteiger partial charge in [0.05, 0.1) is 17.3 Å². The van der Waals surface area contributed by atoms with E-state index in [1.165, 1.54) is 34.9 Å². The number of rotatable bonds is 3. The smallest absolute Gasteiger partial charge is 0.0998 e. The van der Waals surface area contributed by atoms with Gasteiger partial charge in [0.1, 0.15) is 0 Å². The van der Waals surface area contributed by atoms with Crippen molar-refractivity contribution in [3.8, 4) is 6.07 Å². The normalized spacial score (nSPS) is 14.9. The Morgan fingerprint density at radius 2 is 1.45 bits per heavy atom. The van der Waals surface area contributed by atoms with Gasteiger partial charge >= 0.3 is 0 Å². The Labute approximate surface area is 171 Å². The molecule has 0 unspecified atom stereocenters. The highest BCUT2D eigenvalue weighted by Gasteiger charge is 2.23. The van der Waals surface area contributed by atoms with E-state index < -0.39 is 0 Å². The standard InChI is InChI=1S/C26H23N3/c27-18-21-14-15-26(25-13-4-3-12-24(21)25)29-17-6-5-16-28(29)19-22-10-7-9-20-8-1-2-11-23(20)22/h1-4,7-15H,5-6,16-17,19H2. The molecule has 29 heavy (non-hydrogen) atoms. The van der Waals surface area contributed by atoms with Crippen LogP contribution in [0.15, 0.2) is 78.9 Å². The van der Waals surface area contributed by atoms with E-state index in [1.807, 2.05) is 12.1 Å². The Hall–Kier alpha value is -3.35. The Bertz CT molecular complexity index is 1220. The molecule has 0 amide bonds. The van der Waals surface area contributed by atoms with Crippen LogP contribution in [0.1, 0.15) is 24.0 Å². The summed E-state index contributed by atoms with van der Waals surface area (Å²) in [6.07, 6.45) is 2.38. The fourth-order valence-corrected chi connectivity index (χ4v) is 4.49. The van der Waals surface area contributed by atoms with Gasteiger partial charge in [-0.2, -0.15) is 5.26 Å². The van der Waals surface area contributed by atoms with E-state index in [4.69, 9.17) is 0 Å². The molecule has 3 heteroatoms. The average Bonchev–Trinajstić information content (AvgIpc) is 2.79. The van der Waals surface area contributed by atoms with Gasteiger partial charge in [-0.25, -0.2) is 5.01 Å². The number of nitriles is 1. The lowest BCUT2D eigenvalue weighted by Crippen LogP contribution is -2.47. The number of hydrogen-bond donors (Lipinski definition) is 0. The molecule has 3 nitrogen and oxygen atoms in total. The minimum absolute atomic E-state index is 0.738. The van der Waals surface area contributed by atoms with E-state index in [1.54, 1.807) is 0 Å². The van der Waals surface area contributed by atoms with Crippen LogP contribution in [0.25, 0.3) is 21.5 Å². The zero-order valence-corrected chi connectivity index (χ0v) is 16.4. The van der Waals surface area contributed by atoms with Crippen LogP contribution in [-0.2, 0) is 6.54 Å². The first kappa shape index (κ1) is 17.7. The first-order chi connectivity index (χ1) is 14.3. The summed E-state index contributed by atoms with van der Waals surface area (Å²) in [6.45, 7) is 2.92. The minimum Gasteiger partial charge on any atom is -0.305 e. The maximum atomic E-state index is 9.51.